The monoisotopic (exact) mass is 453 g/mol. The molecule has 0 bridgehead atoms. The predicted octanol–water partition coefficient (Wildman–Crippen LogP) is 4.26. The van der Waals surface area contributed by atoms with E-state index in [1.54, 1.807) is 13.3 Å². The maximum atomic E-state index is 12.6. The molecule has 30 heavy (non-hydrogen) atoms. The molecular formula is C22H29Cl2N3O3. The first-order valence-electron chi connectivity index (χ1n) is 10.0. The van der Waals surface area contributed by atoms with Crippen LogP contribution in [-0.2, 0) is 11.3 Å². The minimum absolute atomic E-state index is 0. The summed E-state index contributed by atoms with van der Waals surface area (Å²) in [6, 6.07) is 11.5. The SMILES string of the molecule is COc1ccc(Oc2cc(CNC(=O)C3CC4CCCCC4N3)ccn2)cc1.Cl.Cl. The first kappa shape index (κ1) is 24.3. The molecule has 3 unspecified atom stereocenters. The van der Waals surface area contributed by atoms with E-state index in [9.17, 15) is 4.79 Å². The summed E-state index contributed by atoms with van der Waals surface area (Å²) < 4.78 is 10.9. The summed E-state index contributed by atoms with van der Waals surface area (Å²) in [5.74, 6) is 2.71. The van der Waals surface area contributed by atoms with Crippen LogP contribution in [0.25, 0.3) is 0 Å². The number of fused-ring (bicyclic) bond motifs is 1. The van der Waals surface area contributed by atoms with Crippen molar-refractivity contribution in [2.45, 2.75) is 50.7 Å². The van der Waals surface area contributed by atoms with Crippen molar-refractivity contribution in [1.82, 2.24) is 15.6 Å². The zero-order valence-electron chi connectivity index (χ0n) is 17.0. The molecule has 1 aliphatic carbocycles. The lowest BCUT2D eigenvalue weighted by molar-refractivity contribution is -0.123. The third-order valence-corrected chi connectivity index (χ3v) is 5.73. The Balaban J connectivity index is 0.00000160. The zero-order valence-corrected chi connectivity index (χ0v) is 18.6. The summed E-state index contributed by atoms with van der Waals surface area (Å²) in [7, 11) is 1.63. The molecule has 8 heteroatoms. The van der Waals surface area contributed by atoms with Crippen molar-refractivity contribution in [2.24, 2.45) is 5.92 Å². The summed E-state index contributed by atoms with van der Waals surface area (Å²) in [5.41, 5.74) is 0.960. The van der Waals surface area contributed by atoms with Crippen LogP contribution in [0.3, 0.4) is 0 Å². The van der Waals surface area contributed by atoms with Crippen LogP contribution < -0.4 is 20.1 Å². The normalized spacial score (nSPS) is 22.1. The Morgan fingerprint density at radius 3 is 2.60 bits per heavy atom. The molecular weight excluding hydrogens is 425 g/mol. The van der Waals surface area contributed by atoms with Gasteiger partial charge in [0, 0.05) is 24.8 Å². The number of ether oxygens (including phenoxy) is 2. The average molecular weight is 454 g/mol. The molecule has 2 aromatic rings. The smallest absolute Gasteiger partial charge is 0.237 e. The van der Waals surface area contributed by atoms with Gasteiger partial charge >= 0.3 is 0 Å². The van der Waals surface area contributed by atoms with E-state index in [4.69, 9.17) is 9.47 Å². The number of amides is 1. The highest BCUT2D eigenvalue weighted by Gasteiger charge is 2.37. The number of nitrogens with zero attached hydrogens (tertiary/aromatic N) is 1. The topological polar surface area (TPSA) is 72.5 Å². The van der Waals surface area contributed by atoms with Crippen LogP contribution in [0.1, 0.15) is 37.7 Å². The van der Waals surface area contributed by atoms with Gasteiger partial charge < -0.3 is 20.1 Å². The van der Waals surface area contributed by atoms with Crippen molar-refractivity contribution in [3.8, 4) is 17.4 Å². The molecule has 1 saturated carbocycles. The predicted molar refractivity (Wildman–Crippen MR) is 121 cm³/mol. The molecule has 1 aliphatic heterocycles. The number of pyridine rings is 1. The van der Waals surface area contributed by atoms with Gasteiger partial charge in [0.25, 0.3) is 0 Å². The highest BCUT2D eigenvalue weighted by Crippen LogP contribution is 2.33. The molecule has 1 amide bonds. The highest BCUT2D eigenvalue weighted by molar-refractivity contribution is 5.85. The van der Waals surface area contributed by atoms with Gasteiger partial charge in [0.15, 0.2) is 0 Å². The Hall–Kier alpha value is -2.02. The second-order valence-corrected chi connectivity index (χ2v) is 7.60. The van der Waals surface area contributed by atoms with Crippen molar-refractivity contribution in [1.29, 1.82) is 0 Å². The minimum atomic E-state index is -0.0649. The maximum Gasteiger partial charge on any atom is 0.237 e. The molecule has 6 nitrogen and oxygen atoms in total. The lowest BCUT2D eigenvalue weighted by Gasteiger charge is -2.24. The summed E-state index contributed by atoms with van der Waals surface area (Å²) >= 11 is 0. The molecule has 2 heterocycles. The molecule has 4 rings (SSSR count). The number of carbonyl (C=O) groups excluding carboxylic acids is 1. The number of hydrogen-bond donors (Lipinski definition) is 2. The summed E-state index contributed by atoms with van der Waals surface area (Å²) in [6.07, 6.45) is 7.67. The second-order valence-electron chi connectivity index (χ2n) is 7.60. The average Bonchev–Trinajstić information content (AvgIpc) is 3.17. The van der Waals surface area contributed by atoms with Crippen molar-refractivity contribution < 1.29 is 14.3 Å². The van der Waals surface area contributed by atoms with Crippen LogP contribution in [0.5, 0.6) is 17.4 Å². The van der Waals surface area contributed by atoms with Crippen LogP contribution in [-0.4, -0.2) is 30.1 Å². The van der Waals surface area contributed by atoms with E-state index < -0.39 is 0 Å². The molecule has 1 aromatic heterocycles. The number of nitrogens with one attached hydrogen (secondary N) is 2. The van der Waals surface area contributed by atoms with Crippen molar-refractivity contribution in [2.75, 3.05) is 7.11 Å². The Morgan fingerprint density at radius 1 is 1.13 bits per heavy atom. The van der Waals surface area contributed by atoms with E-state index >= 15 is 0 Å². The Kier molecular flexibility index (Phi) is 9.21. The lowest BCUT2D eigenvalue weighted by atomic mass is 9.85. The number of carbonyl (C=O) groups is 1. The maximum absolute atomic E-state index is 12.6. The van der Waals surface area contributed by atoms with Gasteiger partial charge in [-0.3, -0.25) is 4.79 Å². The quantitative estimate of drug-likeness (QED) is 0.683. The molecule has 0 radical (unpaired) electrons. The van der Waals surface area contributed by atoms with E-state index in [0.717, 1.165) is 17.7 Å². The zero-order chi connectivity index (χ0) is 19.3. The molecule has 0 spiro atoms. The van der Waals surface area contributed by atoms with Crippen molar-refractivity contribution in [3.05, 3.63) is 48.2 Å². The third kappa shape index (κ3) is 6.00. The number of benzene rings is 1. The van der Waals surface area contributed by atoms with Gasteiger partial charge in [0.05, 0.1) is 13.2 Å². The molecule has 2 aliphatic rings. The Labute approximate surface area is 190 Å². The summed E-state index contributed by atoms with van der Waals surface area (Å²) in [4.78, 5) is 16.8. The molecule has 2 N–H and O–H groups in total. The summed E-state index contributed by atoms with van der Waals surface area (Å²) in [6.45, 7) is 0.466. The van der Waals surface area contributed by atoms with Crippen LogP contribution >= 0.6 is 24.8 Å². The van der Waals surface area contributed by atoms with Gasteiger partial charge in [0.2, 0.25) is 11.8 Å². The second kappa shape index (κ2) is 11.4. The highest BCUT2D eigenvalue weighted by atomic mass is 35.5. The minimum Gasteiger partial charge on any atom is -0.497 e. The summed E-state index contributed by atoms with van der Waals surface area (Å²) in [5, 5.41) is 6.58. The van der Waals surface area contributed by atoms with E-state index in [-0.39, 0.29) is 36.8 Å². The number of halogens is 2. The van der Waals surface area contributed by atoms with Crippen LogP contribution in [0.2, 0.25) is 0 Å². The number of aromatic nitrogens is 1. The largest absolute Gasteiger partial charge is 0.497 e. The van der Waals surface area contributed by atoms with Gasteiger partial charge in [-0.05, 0) is 61.1 Å². The van der Waals surface area contributed by atoms with E-state index in [0.29, 0.717) is 30.1 Å². The number of hydrogen-bond acceptors (Lipinski definition) is 5. The van der Waals surface area contributed by atoms with Gasteiger partial charge in [-0.1, -0.05) is 12.8 Å². The van der Waals surface area contributed by atoms with Crippen LogP contribution in [0.4, 0.5) is 0 Å². The van der Waals surface area contributed by atoms with E-state index in [1.807, 2.05) is 36.4 Å². The van der Waals surface area contributed by atoms with Gasteiger partial charge in [-0.25, -0.2) is 4.98 Å². The molecule has 164 valence electrons. The Bertz CT molecular complexity index is 806. The molecule has 3 atom stereocenters. The van der Waals surface area contributed by atoms with Crippen molar-refractivity contribution in [3.63, 3.8) is 0 Å². The van der Waals surface area contributed by atoms with Gasteiger partial charge in [-0.2, -0.15) is 0 Å². The van der Waals surface area contributed by atoms with Crippen LogP contribution in [0, 0.1) is 5.92 Å². The standard InChI is InChI=1S/C22H27N3O3.2ClH/c1-27-17-6-8-18(9-7-17)28-21-12-15(10-11-23-21)14-24-22(26)20-13-16-4-2-3-5-19(16)25-20;;/h6-12,16,19-20,25H,2-5,13-14H2,1H3,(H,24,26);2*1H. The fourth-order valence-electron chi connectivity index (χ4n) is 4.21. The third-order valence-electron chi connectivity index (χ3n) is 5.73. The number of methoxy groups -OCH3 is 1. The van der Waals surface area contributed by atoms with Crippen molar-refractivity contribution >= 4 is 30.7 Å². The fourth-order valence-corrected chi connectivity index (χ4v) is 4.21. The Morgan fingerprint density at radius 2 is 1.87 bits per heavy atom. The molecule has 2 fully saturated rings. The molecule has 1 aromatic carbocycles. The van der Waals surface area contributed by atoms with Gasteiger partial charge in [-0.15, -0.1) is 24.8 Å². The van der Waals surface area contributed by atoms with E-state index in [1.165, 1.54) is 25.7 Å². The van der Waals surface area contributed by atoms with Crippen LogP contribution in [0.15, 0.2) is 42.6 Å². The first-order valence-corrected chi connectivity index (χ1v) is 10.0. The number of rotatable bonds is 6. The van der Waals surface area contributed by atoms with E-state index in [2.05, 4.69) is 15.6 Å². The molecule has 1 saturated heterocycles. The first-order chi connectivity index (χ1) is 13.7. The van der Waals surface area contributed by atoms with Gasteiger partial charge in [0.1, 0.15) is 11.5 Å². The lowest BCUT2D eigenvalue weighted by Crippen LogP contribution is -2.42. The fraction of sp³-hybridized carbons (Fsp3) is 0.455.